The van der Waals surface area contributed by atoms with Crippen molar-refractivity contribution in [1.29, 1.82) is 0 Å². The second-order valence-electron chi connectivity index (χ2n) is 5.37. The van der Waals surface area contributed by atoms with Gasteiger partial charge in [-0.3, -0.25) is 4.99 Å². The summed E-state index contributed by atoms with van der Waals surface area (Å²) in [5.41, 5.74) is 6.09. The molecule has 0 radical (unpaired) electrons. The molecule has 1 aromatic rings. The number of aliphatic imine (C=N–C) groups is 1. The molecule has 0 unspecified atom stereocenters. The number of nitrogens with two attached hydrogens (primary N) is 1. The Morgan fingerprint density at radius 3 is 2.60 bits per heavy atom. The highest BCUT2D eigenvalue weighted by Gasteiger charge is 2.43. The fraction of sp³-hybridized carbons (Fsp3) is 0.533. The highest BCUT2D eigenvalue weighted by molar-refractivity contribution is 8.01. The van der Waals surface area contributed by atoms with Crippen LogP contribution in [0.5, 0.6) is 0 Å². The minimum Gasteiger partial charge on any atom is -0.378 e. The zero-order valence-electron chi connectivity index (χ0n) is 11.6. The number of hydrogen-bond donors (Lipinski definition) is 1. The Balaban J connectivity index is 1.57. The maximum atomic E-state index is 6.09. The number of benzene rings is 1. The SMILES string of the molecule is NC(=NCC1(Sc2ccccc2)CC1)N1CCOCC1. The van der Waals surface area contributed by atoms with Crippen LogP contribution in [0, 0.1) is 0 Å². The largest absolute Gasteiger partial charge is 0.378 e. The van der Waals surface area contributed by atoms with Gasteiger partial charge in [0.2, 0.25) is 0 Å². The molecule has 3 rings (SSSR count). The van der Waals surface area contributed by atoms with Crippen molar-refractivity contribution in [1.82, 2.24) is 4.90 Å². The summed E-state index contributed by atoms with van der Waals surface area (Å²) in [4.78, 5) is 8.06. The van der Waals surface area contributed by atoms with Gasteiger partial charge < -0.3 is 15.4 Å². The van der Waals surface area contributed by atoms with E-state index in [9.17, 15) is 0 Å². The van der Waals surface area contributed by atoms with Gasteiger partial charge in [0.1, 0.15) is 0 Å². The van der Waals surface area contributed by atoms with E-state index in [-0.39, 0.29) is 4.75 Å². The molecule has 0 atom stereocenters. The number of morpholine rings is 1. The van der Waals surface area contributed by atoms with Gasteiger partial charge >= 0.3 is 0 Å². The Morgan fingerprint density at radius 2 is 1.95 bits per heavy atom. The minimum absolute atomic E-state index is 0.276. The molecule has 20 heavy (non-hydrogen) atoms. The first-order valence-electron chi connectivity index (χ1n) is 7.14. The fourth-order valence-electron chi connectivity index (χ4n) is 2.29. The van der Waals surface area contributed by atoms with Crippen molar-refractivity contribution < 1.29 is 4.74 Å². The Bertz CT molecular complexity index is 467. The molecule has 108 valence electrons. The number of nitrogens with zero attached hydrogens (tertiary/aromatic N) is 2. The molecule has 0 bridgehead atoms. The number of hydrogen-bond acceptors (Lipinski definition) is 3. The van der Waals surface area contributed by atoms with Gasteiger partial charge in [-0.15, -0.1) is 11.8 Å². The Labute approximate surface area is 124 Å². The highest BCUT2D eigenvalue weighted by atomic mass is 32.2. The summed E-state index contributed by atoms with van der Waals surface area (Å²) in [7, 11) is 0. The lowest BCUT2D eigenvalue weighted by atomic mass is 10.4. The Kier molecular flexibility index (Phi) is 4.17. The molecular weight excluding hydrogens is 270 g/mol. The predicted octanol–water partition coefficient (Wildman–Crippen LogP) is 1.96. The summed E-state index contributed by atoms with van der Waals surface area (Å²) in [5, 5.41) is 0. The molecule has 1 heterocycles. The van der Waals surface area contributed by atoms with E-state index in [4.69, 9.17) is 10.5 Å². The van der Waals surface area contributed by atoms with Gasteiger partial charge in [0, 0.05) is 22.7 Å². The normalized spacial score (nSPS) is 21.8. The van der Waals surface area contributed by atoms with Crippen LogP contribution in [0.2, 0.25) is 0 Å². The Hall–Kier alpha value is -1.20. The second-order valence-corrected chi connectivity index (χ2v) is 6.91. The molecular formula is C15H21N3OS. The summed E-state index contributed by atoms with van der Waals surface area (Å²) in [5.74, 6) is 0.674. The van der Waals surface area contributed by atoms with E-state index < -0.39 is 0 Å². The predicted molar refractivity (Wildman–Crippen MR) is 83.1 cm³/mol. The van der Waals surface area contributed by atoms with Crippen molar-refractivity contribution in [2.75, 3.05) is 32.8 Å². The first-order chi connectivity index (χ1) is 9.77. The van der Waals surface area contributed by atoms with Crippen molar-refractivity contribution >= 4 is 17.7 Å². The van der Waals surface area contributed by atoms with Crippen LogP contribution in [-0.2, 0) is 4.74 Å². The average Bonchev–Trinajstić information content (AvgIpc) is 3.27. The number of thioether (sulfide) groups is 1. The number of rotatable bonds is 4. The molecule has 0 amide bonds. The summed E-state index contributed by atoms with van der Waals surface area (Å²) < 4.78 is 5.61. The Morgan fingerprint density at radius 1 is 1.25 bits per heavy atom. The molecule has 0 spiro atoms. The number of ether oxygens (including phenoxy) is 1. The van der Waals surface area contributed by atoms with Gasteiger partial charge in [0.15, 0.2) is 5.96 Å². The quantitative estimate of drug-likeness (QED) is 0.680. The van der Waals surface area contributed by atoms with E-state index >= 15 is 0 Å². The molecule has 5 heteroatoms. The van der Waals surface area contributed by atoms with Crippen LogP contribution < -0.4 is 5.73 Å². The molecule has 2 aliphatic rings. The van der Waals surface area contributed by atoms with Crippen LogP contribution in [0.25, 0.3) is 0 Å². The van der Waals surface area contributed by atoms with Crippen molar-refractivity contribution in [3.05, 3.63) is 30.3 Å². The molecule has 2 N–H and O–H groups in total. The van der Waals surface area contributed by atoms with Gasteiger partial charge in [-0.1, -0.05) is 18.2 Å². The molecule has 2 fully saturated rings. The molecule has 1 aliphatic heterocycles. The van der Waals surface area contributed by atoms with E-state index in [1.54, 1.807) is 0 Å². The lowest BCUT2D eigenvalue weighted by Gasteiger charge is -2.28. The van der Waals surface area contributed by atoms with Crippen LogP contribution in [0.15, 0.2) is 40.2 Å². The van der Waals surface area contributed by atoms with E-state index in [1.807, 2.05) is 11.8 Å². The van der Waals surface area contributed by atoms with Gasteiger partial charge in [0.05, 0.1) is 19.8 Å². The van der Waals surface area contributed by atoms with Crippen molar-refractivity contribution in [2.24, 2.45) is 10.7 Å². The van der Waals surface area contributed by atoms with Crippen molar-refractivity contribution in [3.8, 4) is 0 Å². The molecule has 1 saturated heterocycles. The first kappa shape index (κ1) is 13.8. The van der Waals surface area contributed by atoms with Crippen molar-refractivity contribution in [2.45, 2.75) is 22.5 Å². The lowest BCUT2D eigenvalue weighted by molar-refractivity contribution is 0.0674. The van der Waals surface area contributed by atoms with Crippen LogP contribution >= 0.6 is 11.8 Å². The maximum Gasteiger partial charge on any atom is 0.191 e. The van der Waals surface area contributed by atoms with Crippen LogP contribution in [0.4, 0.5) is 0 Å². The molecule has 1 saturated carbocycles. The van der Waals surface area contributed by atoms with Gasteiger partial charge in [-0.2, -0.15) is 0 Å². The first-order valence-corrected chi connectivity index (χ1v) is 7.96. The third-order valence-electron chi connectivity index (χ3n) is 3.75. The topological polar surface area (TPSA) is 50.8 Å². The molecule has 1 aromatic carbocycles. The third-order valence-corrected chi connectivity index (χ3v) is 5.23. The second kappa shape index (κ2) is 6.06. The van der Waals surface area contributed by atoms with E-state index in [0.717, 1.165) is 32.8 Å². The maximum absolute atomic E-state index is 6.09. The smallest absolute Gasteiger partial charge is 0.191 e. The zero-order chi connectivity index (χ0) is 13.8. The van der Waals surface area contributed by atoms with Gasteiger partial charge in [-0.25, -0.2) is 0 Å². The summed E-state index contributed by atoms with van der Waals surface area (Å²) in [6.45, 7) is 4.03. The number of guanidine groups is 1. The zero-order valence-corrected chi connectivity index (χ0v) is 12.4. The minimum atomic E-state index is 0.276. The van der Waals surface area contributed by atoms with E-state index in [2.05, 4.69) is 40.2 Å². The summed E-state index contributed by atoms with van der Waals surface area (Å²) in [6.07, 6.45) is 2.46. The lowest BCUT2D eigenvalue weighted by Crippen LogP contribution is -2.45. The molecule has 0 aromatic heterocycles. The van der Waals surface area contributed by atoms with Crippen molar-refractivity contribution in [3.63, 3.8) is 0 Å². The van der Waals surface area contributed by atoms with E-state index in [1.165, 1.54) is 17.7 Å². The third kappa shape index (κ3) is 3.46. The molecule has 1 aliphatic carbocycles. The standard InChI is InChI=1S/C15H21N3OS/c16-14(18-8-10-19-11-9-18)17-12-15(6-7-15)20-13-4-2-1-3-5-13/h1-5H,6-12H2,(H2,16,17). The fourth-order valence-corrected chi connectivity index (χ4v) is 3.52. The highest BCUT2D eigenvalue weighted by Crippen LogP contribution is 2.51. The van der Waals surface area contributed by atoms with Crippen LogP contribution in [0.1, 0.15) is 12.8 Å². The van der Waals surface area contributed by atoms with E-state index in [0.29, 0.717) is 5.96 Å². The summed E-state index contributed by atoms with van der Waals surface area (Å²) in [6, 6.07) is 10.6. The molecule has 4 nitrogen and oxygen atoms in total. The van der Waals surface area contributed by atoms with Crippen LogP contribution in [-0.4, -0.2) is 48.5 Å². The monoisotopic (exact) mass is 291 g/mol. The summed E-state index contributed by atoms with van der Waals surface area (Å²) >= 11 is 1.94. The van der Waals surface area contributed by atoms with Gasteiger partial charge in [0.25, 0.3) is 0 Å². The van der Waals surface area contributed by atoms with Crippen LogP contribution in [0.3, 0.4) is 0 Å². The average molecular weight is 291 g/mol. The van der Waals surface area contributed by atoms with Gasteiger partial charge in [-0.05, 0) is 25.0 Å².